The molecular weight excluding hydrogens is 271 g/mol. The fourth-order valence-electron chi connectivity index (χ4n) is 2.67. The van der Waals surface area contributed by atoms with Crippen molar-refractivity contribution in [3.8, 4) is 5.75 Å². The molecule has 0 radical (unpaired) electrons. The average Bonchev–Trinajstić information content (AvgIpc) is 2.99. The Bertz CT molecular complexity index is 553. The van der Waals surface area contributed by atoms with Crippen LogP contribution in [0, 0.1) is 5.82 Å². The summed E-state index contributed by atoms with van der Waals surface area (Å²) in [6.45, 7) is 1.78. The van der Waals surface area contributed by atoms with Crippen molar-refractivity contribution in [1.29, 1.82) is 0 Å². The third-order valence-corrected chi connectivity index (χ3v) is 3.83. The van der Waals surface area contributed by atoms with Crippen LogP contribution in [0.4, 0.5) is 10.1 Å². The average molecular weight is 290 g/mol. The van der Waals surface area contributed by atoms with Crippen molar-refractivity contribution in [3.63, 3.8) is 0 Å². The van der Waals surface area contributed by atoms with Gasteiger partial charge in [-0.15, -0.1) is 0 Å². The van der Waals surface area contributed by atoms with E-state index in [-0.39, 0.29) is 11.5 Å². The van der Waals surface area contributed by atoms with Crippen molar-refractivity contribution < 1.29 is 13.9 Å². The second kappa shape index (κ2) is 6.26. The van der Waals surface area contributed by atoms with E-state index in [0.29, 0.717) is 31.3 Å². The second-order valence-electron chi connectivity index (χ2n) is 5.47. The lowest BCUT2D eigenvalue weighted by Gasteiger charge is -2.23. The van der Waals surface area contributed by atoms with E-state index < -0.39 is 5.82 Å². The SMILES string of the molecule is O=C1CC=CN(c2ccc(OC[C@H]3CCCN3)c(F)c2)C1. The lowest BCUT2D eigenvalue weighted by atomic mass is 10.2. The fraction of sp³-hybridized carbons (Fsp3) is 0.438. The molecule has 21 heavy (non-hydrogen) atoms. The van der Waals surface area contributed by atoms with E-state index in [1.807, 2.05) is 6.20 Å². The Balaban J connectivity index is 1.66. The van der Waals surface area contributed by atoms with E-state index in [9.17, 15) is 9.18 Å². The van der Waals surface area contributed by atoms with Crippen LogP contribution in [0.25, 0.3) is 0 Å². The van der Waals surface area contributed by atoms with Crippen LogP contribution >= 0.6 is 0 Å². The number of nitrogens with zero attached hydrogens (tertiary/aromatic N) is 1. The molecule has 2 aliphatic heterocycles. The predicted octanol–water partition coefficient (Wildman–Crippen LogP) is 2.25. The summed E-state index contributed by atoms with van der Waals surface area (Å²) in [5.74, 6) is 0.00206. The smallest absolute Gasteiger partial charge is 0.167 e. The first-order chi connectivity index (χ1) is 10.2. The third-order valence-electron chi connectivity index (χ3n) is 3.83. The van der Waals surface area contributed by atoms with Crippen molar-refractivity contribution in [2.24, 2.45) is 0 Å². The predicted molar refractivity (Wildman–Crippen MR) is 79.0 cm³/mol. The number of hydrogen-bond donors (Lipinski definition) is 1. The number of carbonyl (C=O) groups is 1. The maximum absolute atomic E-state index is 14.1. The summed E-state index contributed by atoms with van der Waals surface area (Å²) in [6, 6.07) is 5.14. The highest BCUT2D eigenvalue weighted by atomic mass is 19.1. The molecule has 0 bridgehead atoms. The summed E-state index contributed by atoms with van der Waals surface area (Å²) in [7, 11) is 0. The number of benzene rings is 1. The van der Waals surface area contributed by atoms with Crippen LogP contribution in [-0.4, -0.2) is 31.5 Å². The molecule has 5 heteroatoms. The maximum atomic E-state index is 14.1. The summed E-state index contributed by atoms with van der Waals surface area (Å²) < 4.78 is 19.6. The topological polar surface area (TPSA) is 41.6 Å². The number of rotatable bonds is 4. The van der Waals surface area contributed by atoms with E-state index >= 15 is 0 Å². The highest BCUT2D eigenvalue weighted by molar-refractivity contribution is 5.86. The molecule has 0 unspecified atom stereocenters. The van der Waals surface area contributed by atoms with Crippen molar-refractivity contribution in [1.82, 2.24) is 5.32 Å². The summed E-state index contributed by atoms with van der Waals surface area (Å²) in [5.41, 5.74) is 0.670. The molecule has 4 nitrogen and oxygen atoms in total. The first-order valence-electron chi connectivity index (χ1n) is 7.33. The number of hydrogen-bond acceptors (Lipinski definition) is 4. The van der Waals surface area contributed by atoms with Crippen LogP contribution in [0.3, 0.4) is 0 Å². The quantitative estimate of drug-likeness (QED) is 0.923. The Morgan fingerprint density at radius 1 is 1.43 bits per heavy atom. The number of ketones is 1. The van der Waals surface area contributed by atoms with Gasteiger partial charge in [-0.25, -0.2) is 4.39 Å². The molecule has 1 saturated heterocycles. The van der Waals surface area contributed by atoms with Gasteiger partial charge < -0.3 is 15.0 Å². The van der Waals surface area contributed by atoms with Crippen LogP contribution in [-0.2, 0) is 4.79 Å². The Morgan fingerprint density at radius 2 is 2.33 bits per heavy atom. The third kappa shape index (κ3) is 3.42. The Kier molecular flexibility index (Phi) is 4.20. The van der Waals surface area contributed by atoms with Gasteiger partial charge in [-0.1, -0.05) is 6.08 Å². The second-order valence-corrected chi connectivity index (χ2v) is 5.47. The number of halogens is 1. The van der Waals surface area contributed by atoms with Crippen molar-refractivity contribution in [2.75, 3.05) is 24.6 Å². The van der Waals surface area contributed by atoms with E-state index in [0.717, 1.165) is 19.4 Å². The van der Waals surface area contributed by atoms with Gasteiger partial charge in [-0.3, -0.25) is 4.79 Å². The van der Waals surface area contributed by atoms with Gasteiger partial charge in [-0.05, 0) is 31.5 Å². The summed E-state index contributed by atoms with van der Waals surface area (Å²) in [6.07, 6.45) is 6.28. The van der Waals surface area contributed by atoms with Crippen molar-refractivity contribution in [2.45, 2.75) is 25.3 Å². The minimum Gasteiger partial charge on any atom is -0.489 e. The number of nitrogens with one attached hydrogen (secondary N) is 1. The van der Waals surface area contributed by atoms with Gasteiger partial charge in [0.05, 0.1) is 6.54 Å². The zero-order chi connectivity index (χ0) is 14.7. The van der Waals surface area contributed by atoms with Crippen LogP contribution in [0.15, 0.2) is 30.5 Å². The van der Waals surface area contributed by atoms with Crippen molar-refractivity contribution >= 4 is 11.5 Å². The molecule has 0 aliphatic carbocycles. The van der Waals surface area contributed by atoms with Gasteiger partial charge in [0.2, 0.25) is 0 Å². The van der Waals surface area contributed by atoms with Gasteiger partial charge in [-0.2, -0.15) is 0 Å². The van der Waals surface area contributed by atoms with E-state index in [1.165, 1.54) is 6.07 Å². The monoisotopic (exact) mass is 290 g/mol. The highest BCUT2D eigenvalue weighted by Crippen LogP contribution is 2.25. The van der Waals surface area contributed by atoms with Crippen LogP contribution in [0.5, 0.6) is 5.75 Å². The standard InChI is InChI=1S/C16H19FN2O2/c17-15-9-13(19-8-2-4-14(20)10-19)5-6-16(15)21-11-12-3-1-7-18-12/h2,5-6,8-9,12,18H,1,3-4,7,10-11H2/t12-/m1/s1. The number of Topliss-reactive ketones (excluding diaryl/α,β-unsaturated/α-hetero) is 1. The fourth-order valence-corrected chi connectivity index (χ4v) is 2.67. The zero-order valence-corrected chi connectivity index (χ0v) is 11.8. The highest BCUT2D eigenvalue weighted by Gasteiger charge is 2.17. The van der Waals surface area contributed by atoms with Gasteiger partial charge in [0, 0.05) is 30.4 Å². The molecule has 1 N–H and O–H groups in total. The molecule has 2 heterocycles. The van der Waals surface area contributed by atoms with E-state index in [1.54, 1.807) is 23.1 Å². The molecule has 3 rings (SSSR count). The number of ether oxygens (including phenoxy) is 1. The summed E-state index contributed by atoms with van der Waals surface area (Å²) in [4.78, 5) is 13.2. The van der Waals surface area contributed by atoms with E-state index in [2.05, 4.69) is 5.32 Å². The summed E-state index contributed by atoms with van der Waals surface area (Å²) >= 11 is 0. The first-order valence-corrected chi connectivity index (χ1v) is 7.33. The number of allylic oxidation sites excluding steroid dienone is 1. The molecular formula is C16H19FN2O2. The molecule has 0 spiro atoms. The summed E-state index contributed by atoms with van der Waals surface area (Å²) in [5, 5.41) is 3.31. The van der Waals surface area contributed by atoms with E-state index in [4.69, 9.17) is 4.74 Å². The van der Waals surface area contributed by atoms with Crippen LogP contribution < -0.4 is 15.0 Å². The molecule has 0 aromatic heterocycles. The normalized spacial score (nSPS) is 21.9. The van der Waals surface area contributed by atoms with Crippen LogP contribution in [0.2, 0.25) is 0 Å². The van der Waals surface area contributed by atoms with Gasteiger partial charge in [0.25, 0.3) is 0 Å². The van der Waals surface area contributed by atoms with Gasteiger partial charge in [0.15, 0.2) is 17.3 Å². The number of anilines is 1. The molecule has 0 saturated carbocycles. The Morgan fingerprint density at radius 3 is 3.05 bits per heavy atom. The molecule has 0 amide bonds. The molecule has 1 fully saturated rings. The largest absolute Gasteiger partial charge is 0.489 e. The first kappa shape index (κ1) is 14.1. The molecule has 1 aromatic carbocycles. The lowest BCUT2D eigenvalue weighted by Crippen LogP contribution is -2.28. The molecule has 112 valence electrons. The Hall–Kier alpha value is -1.88. The van der Waals surface area contributed by atoms with Gasteiger partial charge in [0.1, 0.15) is 6.61 Å². The Labute approximate surface area is 123 Å². The minimum absolute atomic E-state index is 0.130. The molecule has 1 aromatic rings. The maximum Gasteiger partial charge on any atom is 0.167 e. The van der Waals surface area contributed by atoms with Crippen LogP contribution in [0.1, 0.15) is 19.3 Å². The lowest BCUT2D eigenvalue weighted by molar-refractivity contribution is -0.117. The number of carbonyl (C=O) groups excluding carboxylic acids is 1. The zero-order valence-electron chi connectivity index (χ0n) is 11.8. The molecule has 2 aliphatic rings. The minimum atomic E-state index is -0.392. The van der Waals surface area contributed by atoms with Gasteiger partial charge >= 0.3 is 0 Å². The molecule has 1 atom stereocenters. The van der Waals surface area contributed by atoms with Crippen molar-refractivity contribution in [3.05, 3.63) is 36.3 Å².